The number of amides is 1. The molecule has 96 valence electrons. The molecule has 0 atom stereocenters. The molecule has 0 aliphatic carbocycles. The summed E-state index contributed by atoms with van der Waals surface area (Å²) in [6, 6.07) is 9.91. The van der Waals surface area contributed by atoms with Gasteiger partial charge in [0, 0.05) is 6.21 Å². The van der Waals surface area contributed by atoms with Crippen LogP contribution in [0.3, 0.4) is 0 Å². The van der Waals surface area contributed by atoms with Crippen LogP contribution in [-0.2, 0) is 4.79 Å². The molecule has 0 heterocycles. The number of carbonyl (C=O) groups excluding carboxylic acids is 1. The average molecular weight is 246 g/mol. The van der Waals surface area contributed by atoms with Crippen LogP contribution in [0.4, 0.5) is 0 Å². The lowest BCUT2D eigenvalue weighted by Crippen LogP contribution is -2.43. The summed E-state index contributed by atoms with van der Waals surface area (Å²) < 4.78 is 0.585. The normalized spacial score (nSPS) is 12.2. The number of carbonyl (C=O) groups is 1. The Morgan fingerprint density at radius 2 is 1.94 bits per heavy atom. The van der Waals surface area contributed by atoms with Gasteiger partial charge < -0.3 is 4.48 Å². The molecule has 0 saturated heterocycles. The summed E-state index contributed by atoms with van der Waals surface area (Å²) in [4.78, 5) is 11.4. The second-order valence-electron chi connectivity index (χ2n) is 5.03. The summed E-state index contributed by atoms with van der Waals surface area (Å²) in [5, 5.41) is 3.85. The molecule has 0 saturated carbocycles. The molecule has 0 radical (unpaired) electrons. The lowest BCUT2D eigenvalue weighted by molar-refractivity contribution is -0.862. The van der Waals surface area contributed by atoms with Gasteiger partial charge in [0.25, 0.3) is 5.91 Å². The van der Waals surface area contributed by atoms with E-state index in [4.69, 9.17) is 0 Å². The van der Waals surface area contributed by atoms with Gasteiger partial charge >= 0.3 is 0 Å². The highest BCUT2D eigenvalue weighted by Crippen LogP contribution is 1.99. The van der Waals surface area contributed by atoms with Crippen LogP contribution >= 0.6 is 0 Å². The SMILES string of the molecule is C[N+](C)(C)CC(=O)N/N=C/C=C/c1ccccc1. The highest BCUT2D eigenvalue weighted by atomic mass is 16.2. The largest absolute Gasteiger partial charge is 0.323 e. The Hall–Kier alpha value is -1.94. The Bertz CT molecular complexity index is 430. The Balaban J connectivity index is 2.34. The smallest absolute Gasteiger partial charge is 0.295 e. The first-order valence-electron chi connectivity index (χ1n) is 5.81. The van der Waals surface area contributed by atoms with Crippen molar-refractivity contribution in [1.82, 2.24) is 5.43 Å². The summed E-state index contributed by atoms with van der Waals surface area (Å²) in [7, 11) is 5.87. The number of rotatable bonds is 5. The standard InChI is InChI=1S/C14H19N3O/c1-17(2,3)12-14(18)16-15-11-7-10-13-8-5-4-6-9-13/h4-11H,12H2,1-3H3/p+1/b10-7+,15-11+. The Labute approximate surface area is 108 Å². The quantitative estimate of drug-likeness (QED) is 0.477. The van der Waals surface area contributed by atoms with E-state index < -0.39 is 0 Å². The van der Waals surface area contributed by atoms with Crippen molar-refractivity contribution in [2.75, 3.05) is 27.7 Å². The van der Waals surface area contributed by atoms with E-state index in [9.17, 15) is 4.79 Å². The van der Waals surface area contributed by atoms with Gasteiger partial charge in [-0.25, -0.2) is 5.43 Å². The fourth-order valence-electron chi connectivity index (χ4n) is 1.34. The third kappa shape index (κ3) is 6.60. The van der Waals surface area contributed by atoms with Crippen molar-refractivity contribution >= 4 is 18.2 Å². The van der Waals surface area contributed by atoms with E-state index in [1.807, 2.05) is 57.6 Å². The monoisotopic (exact) mass is 246 g/mol. The van der Waals surface area contributed by atoms with Crippen molar-refractivity contribution in [1.29, 1.82) is 0 Å². The number of likely N-dealkylation sites (N-methyl/N-ethyl adjacent to an activating group) is 1. The number of allylic oxidation sites excluding steroid dienone is 1. The summed E-state index contributed by atoms with van der Waals surface area (Å²) in [6.45, 7) is 0.403. The van der Waals surface area contributed by atoms with E-state index in [0.29, 0.717) is 11.0 Å². The molecule has 1 aromatic carbocycles. The van der Waals surface area contributed by atoms with E-state index in [1.54, 1.807) is 12.3 Å². The Kier molecular flexibility index (Phi) is 5.27. The van der Waals surface area contributed by atoms with Crippen LogP contribution in [0.5, 0.6) is 0 Å². The first-order valence-corrected chi connectivity index (χ1v) is 5.81. The lowest BCUT2D eigenvalue weighted by Gasteiger charge is -2.21. The number of hydrazone groups is 1. The molecule has 18 heavy (non-hydrogen) atoms. The van der Waals surface area contributed by atoms with Crippen LogP contribution < -0.4 is 5.43 Å². The fourth-order valence-corrected chi connectivity index (χ4v) is 1.34. The zero-order valence-electron chi connectivity index (χ0n) is 11.1. The molecule has 0 bridgehead atoms. The molecule has 0 unspecified atom stereocenters. The molecule has 0 spiro atoms. The molecule has 1 amide bonds. The van der Waals surface area contributed by atoms with E-state index >= 15 is 0 Å². The summed E-state index contributed by atoms with van der Waals surface area (Å²) in [5.41, 5.74) is 3.59. The van der Waals surface area contributed by atoms with Crippen LogP contribution in [0.2, 0.25) is 0 Å². The number of hydrogen-bond donors (Lipinski definition) is 1. The van der Waals surface area contributed by atoms with Gasteiger partial charge in [0.05, 0.1) is 21.1 Å². The number of nitrogens with one attached hydrogen (secondary N) is 1. The minimum absolute atomic E-state index is 0.0909. The van der Waals surface area contributed by atoms with Gasteiger partial charge in [-0.1, -0.05) is 36.4 Å². The third-order valence-corrected chi connectivity index (χ3v) is 2.06. The molecule has 0 fully saturated rings. The van der Waals surface area contributed by atoms with Crippen LogP contribution in [0.1, 0.15) is 5.56 Å². The minimum Gasteiger partial charge on any atom is -0.323 e. The first kappa shape index (κ1) is 14.1. The topological polar surface area (TPSA) is 41.5 Å². The summed E-state index contributed by atoms with van der Waals surface area (Å²) in [6.07, 6.45) is 5.29. The second-order valence-corrected chi connectivity index (χ2v) is 5.03. The maximum absolute atomic E-state index is 11.4. The van der Waals surface area contributed by atoms with Gasteiger partial charge in [-0.05, 0) is 11.6 Å². The molecular formula is C14H20N3O+. The summed E-state index contributed by atoms with van der Waals surface area (Å²) >= 11 is 0. The highest BCUT2D eigenvalue weighted by Gasteiger charge is 2.12. The van der Waals surface area contributed by atoms with Crippen LogP contribution in [0.15, 0.2) is 41.5 Å². The molecular weight excluding hydrogens is 226 g/mol. The Morgan fingerprint density at radius 3 is 2.56 bits per heavy atom. The Morgan fingerprint density at radius 1 is 1.28 bits per heavy atom. The van der Waals surface area contributed by atoms with Crippen molar-refractivity contribution < 1.29 is 9.28 Å². The van der Waals surface area contributed by atoms with Crippen molar-refractivity contribution in [2.24, 2.45) is 5.10 Å². The predicted molar refractivity (Wildman–Crippen MR) is 75.0 cm³/mol. The van der Waals surface area contributed by atoms with Gasteiger partial charge in [-0.2, -0.15) is 5.10 Å². The van der Waals surface area contributed by atoms with Crippen LogP contribution in [0.25, 0.3) is 6.08 Å². The van der Waals surface area contributed by atoms with Crippen molar-refractivity contribution in [3.63, 3.8) is 0 Å². The number of benzene rings is 1. The molecule has 0 aliphatic heterocycles. The highest BCUT2D eigenvalue weighted by molar-refractivity contribution is 5.81. The molecule has 4 nitrogen and oxygen atoms in total. The maximum atomic E-state index is 11.4. The molecule has 1 aromatic rings. The van der Waals surface area contributed by atoms with E-state index in [1.165, 1.54) is 0 Å². The number of nitrogens with zero attached hydrogens (tertiary/aromatic N) is 2. The predicted octanol–water partition coefficient (Wildman–Crippen LogP) is 1.51. The molecule has 1 rings (SSSR count). The van der Waals surface area contributed by atoms with Gasteiger partial charge in [0.15, 0.2) is 6.54 Å². The fraction of sp³-hybridized carbons (Fsp3) is 0.286. The zero-order chi connectivity index (χ0) is 13.4. The second kappa shape index (κ2) is 6.71. The van der Waals surface area contributed by atoms with E-state index in [-0.39, 0.29) is 5.91 Å². The van der Waals surface area contributed by atoms with Crippen molar-refractivity contribution in [2.45, 2.75) is 0 Å². The number of hydrogen-bond acceptors (Lipinski definition) is 2. The maximum Gasteiger partial charge on any atom is 0.295 e. The van der Waals surface area contributed by atoms with Gasteiger partial charge in [0.1, 0.15) is 0 Å². The van der Waals surface area contributed by atoms with Crippen molar-refractivity contribution in [3.8, 4) is 0 Å². The van der Waals surface area contributed by atoms with E-state index in [2.05, 4.69) is 10.5 Å². The third-order valence-electron chi connectivity index (χ3n) is 2.06. The van der Waals surface area contributed by atoms with Gasteiger partial charge in [0.2, 0.25) is 0 Å². The van der Waals surface area contributed by atoms with Crippen LogP contribution in [-0.4, -0.2) is 44.3 Å². The number of quaternary nitrogens is 1. The molecule has 4 heteroatoms. The minimum atomic E-state index is -0.0909. The van der Waals surface area contributed by atoms with Crippen LogP contribution in [0, 0.1) is 0 Å². The molecule has 0 aromatic heterocycles. The zero-order valence-corrected chi connectivity index (χ0v) is 11.1. The van der Waals surface area contributed by atoms with Gasteiger partial charge in [-0.3, -0.25) is 4.79 Å². The van der Waals surface area contributed by atoms with E-state index in [0.717, 1.165) is 5.56 Å². The molecule has 1 N–H and O–H groups in total. The summed E-state index contributed by atoms with van der Waals surface area (Å²) in [5.74, 6) is -0.0909. The first-order chi connectivity index (χ1) is 8.47. The lowest BCUT2D eigenvalue weighted by atomic mass is 10.2. The molecule has 0 aliphatic rings. The average Bonchev–Trinajstić information content (AvgIpc) is 2.27. The van der Waals surface area contributed by atoms with Gasteiger partial charge in [-0.15, -0.1) is 0 Å². The van der Waals surface area contributed by atoms with Crippen molar-refractivity contribution in [3.05, 3.63) is 42.0 Å².